The van der Waals surface area contributed by atoms with Crippen molar-refractivity contribution < 1.29 is 4.74 Å². The molecule has 4 aromatic rings. The van der Waals surface area contributed by atoms with Crippen LogP contribution < -0.4 is 15.4 Å². The molecule has 0 saturated carbocycles. The average molecular weight is 535 g/mol. The van der Waals surface area contributed by atoms with E-state index in [9.17, 15) is 0 Å². The molecule has 4 heterocycles. The van der Waals surface area contributed by atoms with Crippen LogP contribution in [0, 0.1) is 6.92 Å². The smallest absolute Gasteiger partial charge is 0.166 e. The van der Waals surface area contributed by atoms with Gasteiger partial charge in [0.15, 0.2) is 17.0 Å². The first-order chi connectivity index (χ1) is 18.3. The Bertz CT molecular complexity index is 1410. The number of hydrogen-bond acceptors (Lipinski definition) is 8. The summed E-state index contributed by atoms with van der Waals surface area (Å²) in [6.45, 7) is 14.5. The van der Waals surface area contributed by atoms with Crippen LogP contribution in [0.1, 0.15) is 32.0 Å². The summed E-state index contributed by atoms with van der Waals surface area (Å²) in [5, 5.41) is 7.40. The molecule has 0 radical (unpaired) electrons. The van der Waals surface area contributed by atoms with Gasteiger partial charge in [-0.1, -0.05) is 11.6 Å². The fourth-order valence-electron chi connectivity index (χ4n) is 4.58. The highest BCUT2D eigenvalue weighted by atomic mass is 35.5. The number of rotatable bonds is 8. The molecule has 1 aromatic carbocycles. The van der Waals surface area contributed by atoms with Crippen LogP contribution in [0.25, 0.3) is 22.6 Å². The quantitative estimate of drug-likeness (QED) is 0.344. The van der Waals surface area contributed by atoms with Crippen LogP contribution in [-0.4, -0.2) is 74.3 Å². The molecular weight excluding hydrogens is 500 g/mol. The van der Waals surface area contributed by atoms with Crippen molar-refractivity contribution in [3.8, 4) is 17.1 Å². The van der Waals surface area contributed by atoms with Crippen molar-refractivity contribution in [1.82, 2.24) is 34.7 Å². The van der Waals surface area contributed by atoms with E-state index in [-0.39, 0.29) is 5.54 Å². The molecule has 0 bridgehead atoms. The van der Waals surface area contributed by atoms with E-state index in [0.29, 0.717) is 35.3 Å². The normalized spacial score (nSPS) is 14.7. The first-order valence-electron chi connectivity index (χ1n) is 13.0. The number of aryl methyl sites for hydroxylation is 1. The molecule has 0 unspecified atom stereocenters. The van der Waals surface area contributed by atoms with Crippen LogP contribution in [-0.2, 0) is 6.54 Å². The Balaban J connectivity index is 1.48. The largest absolute Gasteiger partial charge is 0.492 e. The third-order valence-electron chi connectivity index (χ3n) is 6.38. The van der Waals surface area contributed by atoms with Gasteiger partial charge in [0, 0.05) is 50.0 Å². The van der Waals surface area contributed by atoms with Gasteiger partial charge in [-0.05, 0) is 63.6 Å². The van der Waals surface area contributed by atoms with E-state index >= 15 is 0 Å². The average Bonchev–Trinajstić information content (AvgIpc) is 3.23. The molecule has 2 N–H and O–H groups in total. The minimum absolute atomic E-state index is 0.190. The maximum absolute atomic E-state index is 6.85. The Morgan fingerprint density at radius 2 is 1.89 bits per heavy atom. The van der Waals surface area contributed by atoms with E-state index in [1.807, 2.05) is 30.5 Å². The van der Waals surface area contributed by atoms with Gasteiger partial charge in [-0.25, -0.2) is 15.0 Å². The van der Waals surface area contributed by atoms with Crippen LogP contribution in [0.5, 0.6) is 5.75 Å². The lowest BCUT2D eigenvalue weighted by Gasteiger charge is -2.26. The Morgan fingerprint density at radius 3 is 2.63 bits per heavy atom. The minimum Gasteiger partial charge on any atom is -0.492 e. The summed E-state index contributed by atoms with van der Waals surface area (Å²) in [7, 11) is 0. The predicted molar refractivity (Wildman–Crippen MR) is 152 cm³/mol. The molecular formula is C28H35ClN8O. The van der Waals surface area contributed by atoms with E-state index in [4.69, 9.17) is 21.3 Å². The van der Waals surface area contributed by atoms with Crippen LogP contribution in [0.2, 0.25) is 5.02 Å². The van der Waals surface area contributed by atoms with E-state index in [2.05, 4.69) is 68.8 Å². The molecule has 3 aromatic heterocycles. The molecule has 1 aliphatic rings. The number of fused-ring (bicyclic) bond motifs is 1. The number of ether oxygens (including phenoxy) is 1. The summed E-state index contributed by atoms with van der Waals surface area (Å²) in [5.41, 5.74) is 4.08. The molecule has 200 valence electrons. The number of piperazine rings is 1. The molecule has 1 fully saturated rings. The van der Waals surface area contributed by atoms with E-state index < -0.39 is 0 Å². The maximum atomic E-state index is 6.85. The van der Waals surface area contributed by atoms with Crippen molar-refractivity contribution in [2.24, 2.45) is 0 Å². The number of nitrogens with zero attached hydrogens (tertiary/aromatic N) is 6. The Labute approximate surface area is 228 Å². The number of pyridine rings is 1. The van der Waals surface area contributed by atoms with Crippen LogP contribution in [0.15, 0.2) is 42.9 Å². The lowest BCUT2D eigenvalue weighted by molar-refractivity contribution is 0.191. The second-order valence-corrected chi connectivity index (χ2v) is 11.1. The third-order valence-corrected chi connectivity index (χ3v) is 6.70. The summed E-state index contributed by atoms with van der Waals surface area (Å²) >= 11 is 6.85. The highest BCUT2D eigenvalue weighted by molar-refractivity contribution is 6.33. The summed E-state index contributed by atoms with van der Waals surface area (Å²) in [6.07, 6.45) is 3.39. The molecule has 0 spiro atoms. The second-order valence-electron chi connectivity index (χ2n) is 10.7. The van der Waals surface area contributed by atoms with Crippen LogP contribution in [0.4, 0.5) is 5.82 Å². The molecule has 1 saturated heterocycles. The predicted octanol–water partition coefficient (Wildman–Crippen LogP) is 4.39. The molecule has 0 aliphatic carbocycles. The lowest BCUT2D eigenvalue weighted by Crippen LogP contribution is -2.44. The number of benzene rings is 1. The number of aromatic nitrogens is 5. The maximum Gasteiger partial charge on any atom is 0.166 e. The van der Waals surface area contributed by atoms with Gasteiger partial charge >= 0.3 is 0 Å². The zero-order chi connectivity index (χ0) is 26.7. The highest BCUT2D eigenvalue weighted by Crippen LogP contribution is 2.34. The number of nitrogens with one attached hydrogen (secondary N) is 2. The SMILES string of the molecule is Cc1ccnc(Cn2c(-c3ccc(OCCN4CCNCC4)cc3Cl)nc3c(NC(C)(C)C)ncnc32)c1. The van der Waals surface area contributed by atoms with Gasteiger partial charge < -0.3 is 19.9 Å². The van der Waals surface area contributed by atoms with Crippen molar-refractivity contribution in [2.45, 2.75) is 39.8 Å². The Morgan fingerprint density at radius 1 is 1.08 bits per heavy atom. The van der Waals surface area contributed by atoms with Crippen molar-refractivity contribution in [2.75, 3.05) is 44.6 Å². The highest BCUT2D eigenvalue weighted by Gasteiger charge is 2.22. The number of halogens is 1. The molecule has 10 heteroatoms. The van der Waals surface area contributed by atoms with Gasteiger partial charge in [0.1, 0.15) is 24.5 Å². The van der Waals surface area contributed by atoms with Gasteiger partial charge in [0.25, 0.3) is 0 Å². The molecule has 1 aliphatic heterocycles. The molecule has 5 rings (SSSR count). The second kappa shape index (κ2) is 11.2. The first-order valence-corrected chi connectivity index (χ1v) is 13.4. The van der Waals surface area contributed by atoms with E-state index in [1.54, 1.807) is 6.33 Å². The fraction of sp³-hybridized carbons (Fsp3) is 0.429. The van der Waals surface area contributed by atoms with Gasteiger partial charge in [-0.3, -0.25) is 9.88 Å². The van der Waals surface area contributed by atoms with Crippen molar-refractivity contribution in [3.05, 3.63) is 59.1 Å². The van der Waals surface area contributed by atoms with E-state index in [0.717, 1.165) is 60.9 Å². The summed E-state index contributed by atoms with van der Waals surface area (Å²) in [5.74, 6) is 2.13. The number of hydrogen-bond donors (Lipinski definition) is 2. The lowest BCUT2D eigenvalue weighted by atomic mass is 10.1. The van der Waals surface area contributed by atoms with Gasteiger partial charge in [0.2, 0.25) is 0 Å². The molecule has 9 nitrogen and oxygen atoms in total. The Hall–Kier alpha value is -3.27. The van der Waals surface area contributed by atoms with Crippen molar-refractivity contribution in [3.63, 3.8) is 0 Å². The fourth-order valence-corrected chi connectivity index (χ4v) is 4.84. The van der Waals surface area contributed by atoms with Gasteiger partial charge in [-0.2, -0.15) is 0 Å². The minimum atomic E-state index is -0.190. The number of imidazole rings is 1. The van der Waals surface area contributed by atoms with Crippen molar-refractivity contribution in [1.29, 1.82) is 0 Å². The third kappa shape index (κ3) is 6.23. The summed E-state index contributed by atoms with van der Waals surface area (Å²) < 4.78 is 8.09. The van der Waals surface area contributed by atoms with Crippen LogP contribution in [0.3, 0.4) is 0 Å². The first kappa shape index (κ1) is 26.3. The molecule has 0 amide bonds. The zero-order valence-corrected chi connectivity index (χ0v) is 23.2. The monoisotopic (exact) mass is 534 g/mol. The molecule has 0 atom stereocenters. The Kier molecular flexibility index (Phi) is 7.78. The summed E-state index contributed by atoms with van der Waals surface area (Å²) in [4.78, 5) is 21.1. The van der Waals surface area contributed by atoms with Crippen molar-refractivity contribution >= 4 is 28.6 Å². The summed E-state index contributed by atoms with van der Waals surface area (Å²) in [6, 6.07) is 9.84. The van der Waals surface area contributed by atoms with Gasteiger partial charge in [-0.15, -0.1) is 0 Å². The number of anilines is 1. The van der Waals surface area contributed by atoms with Crippen LogP contribution >= 0.6 is 11.6 Å². The molecule has 38 heavy (non-hydrogen) atoms. The van der Waals surface area contributed by atoms with E-state index in [1.165, 1.54) is 0 Å². The van der Waals surface area contributed by atoms with Gasteiger partial charge in [0.05, 0.1) is 17.3 Å². The topological polar surface area (TPSA) is 93.0 Å². The zero-order valence-electron chi connectivity index (χ0n) is 22.5. The standard InChI is InChI=1S/C28H35ClN8O/c1-19-7-8-31-20(15-19)17-37-26(34-24-25(35-28(2,3)4)32-18-33-27(24)37)22-6-5-21(16-23(22)29)38-14-13-36-11-9-30-10-12-36/h5-8,15-16,18,30H,9-14,17H2,1-4H3,(H,32,33,35).